The van der Waals surface area contributed by atoms with Crippen LogP contribution in [0, 0.1) is 30.1 Å². The predicted octanol–water partition coefficient (Wildman–Crippen LogP) is 2.23. The Labute approximate surface area is 63.3 Å². The van der Waals surface area contributed by atoms with Gasteiger partial charge in [-0.15, -0.1) is 18.8 Å². The van der Waals surface area contributed by atoms with E-state index in [1.54, 1.807) is 0 Å². The molecule has 0 rings (SSSR count). The zero-order valence-corrected chi connectivity index (χ0v) is 6.57. The molecule has 0 heterocycles. The second-order valence-corrected chi connectivity index (χ2v) is 2.75. The average Bonchev–Trinajstić information content (AvgIpc) is 1.89. The number of terminal acetylenes is 2. The summed E-state index contributed by atoms with van der Waals surface area (Å²) in [6.07, 6.45) is 10.9. The molecule has 0 nitrogen and oxygen atoms in total. The first-order valence-corrected chi connectivity index (χ1v) is 3.14. The summed E-state index contributed by atoms with van der Waals surface area (Å²) >= 11 is 0. The molecule has 0 heteroatoms. The first-order chi connectivity index (χ1) is 4.54. The highest BCUT2D eigenvalue weighted by Gasteiger charge is 2.16. The van der Waals surface area contributed by atoms with Gasteiger partial charge in [-0.25, -0.2) is 0 Å². The molecule has 0 fully saturated rings. The first kappa shape index (κ1) is 8.86. The summed E-state index contributed by atoms with van der Waals surface area (Å²) in [6.45, 7) is 7.68. The molecule has 0 bridgehead atoms. The van der Waals surface area contributed by atoms with Gasteiger partial charge in [0.25, 0.3) is 0 Å². The molecule has 0 aliphatic rings. The Kier molecular flexibility index (Phi) is 2.78. The van der Waals surface area contributed by atoms with E-state index < -0.39 is 0 Å². The summed E-state index contributed by atoms with van der Waals surface area (Å²) in [5, 5.41) is 0. The smallest absolute Gasteiger partial charge is 0.0470 e. The maximum Gasteiger partial charge on any atom is 0.0470 e. The number of hydrogen-bond acceptors (Lipinski definition) is 0. The van der Waals surface area contributed by atoms with Gasteiger partial charge in [-0.3, -0.25) is 0 Å². The van der Waals surface area contributed by atoms with Crippen molar-refractivity contribution in [3.05, 3.63) is 12.2 Å². The number of rotatable bonds is 2. The van der Waals surface area contributed by atoms with Crippen LogP contribution in [0.5, 0.6) is 0 Å². The molecule has 0 N–H and O–H groups in total. The highest BCUT2D eigenvalue weighted by atomic mass is 14.2. The van der Waals surface area contributed by atoms with Gasteiger partial charge in [0.05, 0.1) is 0 Å². The molecule has 10 heavy (non-hydrogen) atoms. The lowest BCUT2D eigenvalue weighted by Gasteiger charge is -2.18. The molecule has 0 atom stereocenters. The zero-order chi connectivity index (χ0) is 8.20. The lowest BCUT2D eigenvalue weighted by Crippen LogP contribution is -2.10. The fourth-order valence-corrected chi connectivity index (χ4v) is 0.446. The van der Waals surface area contributed by atoms with Gasteiger partial charge in [-0.1, -0.05) is 12.5 Å². The minimum Gasteiger partial charge on any atom is -0.120 e. The van der Waals surface area contributed by atoms with Crippen molar-refractivity contribution in [1.82, 2.24) is 0 Å². The second kappa shape index (κ2) is 3.14. The Balaban J connectivity index is 4.26. The van der Waals surface area contributed by atoms with Gasteiger partial charge in [-0.05, 0) is 19.4 Å². The van der Waals surface area contributed by atoms with E-state index in [0.717, 1.165) is 5.57 Å². The summed E-state index contributed by atoms with van der Waals surface area (Å²) in [7, 11) is 0. The van der Waals surface area contributed by atoms with Crippen LogP contribution in [0.2, 0.25) is 0 Å². The van der Waals surface area contributed by atoms with E-state index in [2.05, 4.69) is 18.4 Å². The molecule has 0 saturated heterocycles. The van der Waals surface area contributed by atoms with Gasteiger partial charge < -0.3 is 0 Å². The van der Waals surface area contributed by atoms with Gasteiger partial charge >= 0.3 is 0 Å². The van der Waals surface area contributed by atoms with Crippen molar-refractivity contribution in [3.63, 3.8) is 0 Å². The third-order valence-corrected chi connectivity index (χ3v) is 1.56. The summed E-state index contributed by atoms with van der Waals surface area (Å²) < 4.78 is 0. The van der Waals surface area contributed by atoms with Crippen molar-refractivity contribution in [1.29, 1.82) is 0 Å². The van der Waals surface area contributed by atoms with Gasteiger partial charge in [0.15, 0.2) is 0 Å². The molecule has 0 aromatic carbocycles. The van der Waals surface area contributed by atoms with Gasteiger partial charge in [0.2, 0.25) is 0 Å². The molecule has 0 radical (unpaired) electrons. The molecule has 0 amide bonds. The van der Waals surface area contributed by atoms with Gasteiger partial charge in [0.1, 0.15) is 0 Å². The SMILES string of the molecule is C#CCC(=C)C(C)(C)C#C. The zero-order valence-electron chi connectivity index (χ0n) is 6.57. The maximum absolute atomic E-state index is 5.26. The van der Waals surface area contributed by atoms with E-state index in [-0.39, 0.29) is 5.41 Å². The minimum atomic E-state index is -0.258. The average molecular weight is 132 g/mol. The van der Waals surface area contributed by atoms with Gasteiger partial charge in [0, 0.05) is 11.8 Å². The minimum absolute atomic E-state index is 0.258. The lowest BCUT2D eigenvalue weighted by molar-refractivity contribution is 0.599. The normalized spacial score (nSPS) is 9.60. The molecular formula is C10H12. The topological polar surface area (TPSA) is 0 Å². The van der Waals surface area contributed by atoms with E-state index in [1.807, 2.05) is 13.8 Å². The summed E-state index contributed by atoms with van der Waals surface area (Å²) in [5.74, 6) is 5.14. The number of hydrogen-bond donors (Lipinski definition) is 0. The quantitative estimate of drug-likeness (QED) is 0.399. The molecule has 0 aromatic rings. The monoisotopic (exact) mass is 132 g/mol. The van der Waals surface area contributed by atoms with E-state index in [9.17, 15) is 0 Å². The second-order valence-electron chi connectivity index (χ2n) is 2.75. The number of allylic oxidation sites excluding steroid dienone is 1. The fourth-order valence-electron chi connectivity index (χ4n) is 0.446. The van der Waals surface area contributed by atoms with Crippen molar-refractivity contribution < 1.29 is 0 Å². The van der Waals surface area contributed by atoms with Crippen molar-refractivity contribution in [3.8, 4) is 24.7 Å². The van der Waals surface area contributed by atoms with Crippen LogP contribution in [0.1, 0.15) is 20.3 Å². The molecule has 0 spiro atoms. The molecule has 0 unspecified atom stereocenters. The Morgan fingerprint density at radius 3 is 2.30 bits per heavy atom. The largest absolute Gasteiger partial charge is 0.120 e. The highest BCUT2D eigenvalue weighted by molar-refractivity contribution is 5.23. The molecule has 0 aromatic heterocycles. The maximum atomic E-state index is 5.26. The van der Waals surface area contributed by atoms with Crippen LogP contribution in [-0.4, -0.2) is 0 Å². The Hall–Kier alpha value is -1.14. The van der Waals surface area contributed by atoms with Crippen LogP contribution in [0.25, 0.3) is 0 Å². The van der Waals surface area contributed by atoms with Crippen molar-refractivity contribution in [2.75, 3.05) is 0 Å². The molecule has 0 aliphatic carbocycles. The fraction of sp³-hybridized carbons (Fsp3) is 0.400. The van der Waals surface area contributed by atoms with Crippen LogP contribution in [0.3, 0.4) is 0 Å². The van der Waals surface area contributed by atoms with E-state index in [4.69, 9.17) is 12.8 Å². The van der Waals surface area contributed by atoms with Crippen LogP contribution in [0.4, 0.5) is 0 Å². The standard InChI is InChI=1S/C10H12/c1-6-8-9(3)10(4,5)7-2/h1-2H,3,8H2,4-5H3. The Morgan fingerprint density at radius 2 is 2.00 bits per heavy atom. The lowest BCUT2D eigenvalue weighted by atomic mass is 9.85. The van der Waals surface area contributed by atoms with Gasteiger partial charge in [-0.2, -0.15) is 0 Å². The summed E-state index contributed by atoms with van der Waals surface area (Å²) in [4.78, 5) is 0. The molecule has 52 valence electrons. The molecule has 0 saturated carbocycles. The Morgan fingerprint density at radius 1 is 1.50 bits per heavy atom. The third-order valence-electron chi connectivity index (χ3n) is 1.56. The van der Waals surface area contributed by atoms with Crippen LogP contribution in [0.15, 0.2) is 12.2 Å². The van der Waals surface area contributed by atoms with E-state index >= 15 is 0 Å². The highest BCUT2D eigenvalue weighted by Crippen LogP contribution is 2.25. The molecule has 0 aliphatic heterocycles. The van der Waals surface area contributed by atoms with Crippen LogP contribution < -0.4 is 0 Å². The van der Waals surface area contributed by atoms with E-state index in [1.165, 1.54) is 0 Å². The third kappa shape index (κ3) is 2.00. The van der Waals surface area contributed by atoms with E-state index in [0.29, 0.717) is 6.42 Å². The van der Waals surface area contributed by atoms with Crippen molar-refractivity contribution in [2.24, 2.45) is 5.41 Å². The predicted molar refractivity (Wildman–Crippen MR) is 45.2 cm³/mol. The van der Waals surface area contributed by atoms with Crippen LogP contribution >= 0.6 is 0 Å². The molecular weight excluding hydrogens is 120 g/mol. The van der Waals surface area contributed by atoms with Crippen LogP contribution in [-0.2, 0) is 0 Å². The van der Waals surface area contributed by atoms with Crippen molar-refractivity contribution in [2.45, 2.75) is 20.3 Å². The van der Waals surface area contributed by atoms with Crippen molar-refractivity contribution >= 4 is 0 Å². The summed E-state index contributed by atoms with van der Waals surface area (Å²) in [5.41, 5.74) is 0.671. The first-order valence-electron chi connectivity index (χ1n) is 3.14. The summed E-state index contributed by atoms with van der Waals surface area (Å²) in [6, 6.07) is 0. The Bertz CT molecular complexity index is 205.